The summed E-state index contributed by atoms with van der Waals surface area (Å²) in [6.07, 6.45) is 0.973. The molecule has 1 aromatic carbocycles. The van der Waals surface area contributed by atoms with E-state index in [0.717, 1.165) is 19.5 Å². The van der Waals surface area contributed by atoms with Crippen LogP contribution in [0.1, 0.15) is 18.9 Å². The molecule has 2 aliphatic heterocycles. The standard InChI is InChI=1S/C15H21FN2O3S/c1-11-7-18-8-14(6-15(18)9-21-11)17-22(19,20)10-12-2-4-13(16)5-3-12/h2-5,11,14-15,17H,6-10H2,1H3/t11-,14-,15-/m0/s1. The Balaban J connectivity index is 1.59. The summed E-state index contributed by atoms with van der Waals surface area (Å²) >= 11 is 0. The number of hydrogen-bond acceptors (Lipinski definition) is 4. The molecule has 0 spiro atoms. The minimum Gasteiger partial charge on any atom is -0.376 e. The predicted octanol–water partition coefficient (Wildman–Crippen LogP) is 1.11. The molecule has 2 fully saturated rings. The van der Waals surface area contributed by atoms with Crippen LogP contribution in [0.3, 0.4) is 0 Å². The first kappa shape index (κ1) is 15.9. The van der Waals surface area contributed by atoms with Gasteiger partial charge in [0.2, 0.25) is 10.0 Å². The van der Waals surface area contributed by atoms with Crippen LogP contribution >= 0.6 is 0 Å². The number of fused-ring (bicyclic) bond motifs is 1. The molecule has 5 nitrogen and oxygen atoms in total. The van der Waals surface area contributed by atoms with Crippen molar-refractivity contribution in [1.29, 1.82) is 0 Å². The van der Waals surface area contributed by atoms with Gasteiger partial charge >= 0.3 is 0 Å². The average molecular weight is 328 g/mol. The van der Waals surface area contributed by atoms with Crippen LogP contribution in [-0.2, 0) is 20.5 Å². The fraction of sp³-hybridized carbons (Fsp3) is 0.600. The number of nitrogens with one attached hydrogen (secondary N) is 1. The summed E-state index contributed by atoms with van der Waals surface area (Å²) in [6, 6.07) is 5.78. The van der Waals surface area contributed by atoms with Gasteiger partial charge in [0, 0.05) is 25.2 Å². The summed E-state index contributed by atoms with van der Waals surface area (Å²) < 4.78 is 45.8. The van der Waals surface area contributed by atoms with Gasteiger partial charge in [-0.25, -0.2) is 17.5 Å². The van der Waals surface area contributed by atoms with Gasteiger partial charge in [-0.2, -0.15) is 0 Å². The average Bonchev–Trinajstić information content (AvgIpc) is 2.81. The highest BCUT2D eigenvalue weighted by Gasteiger charge is 2.37. The Hall–Kier alpha value is -1.02. The topological polar surface area (TPSA) is 58.6 Å². The highest BCUT2D eigenvalue weighted by molar-refractivity contribution is 7.88. The van der Waals surface area contributed by atoms with E-state index in [4.69, 9.17) is 4.74 Å². The first-order valence-corrected chi connectivity index (χ1v) is 9.16. The first-order valence-electron chi connectivity index (χ1n) is 7.51. The fourth-order valence-electron chi connectivity index (χ4n) is 3.22. The molecule has 3 atom stereocenters. The lowest BCUT2D eigenvalue weighted by Crippen LogP contribution is -2.45. The number of rotatable bonds is 4. The SMILES string of the molecule is C[C@H]1CN2C[C@@H](NS(=O)(=O)Cc3ccc(F)cc3)C[C@H]2CO1. The smallest absolute Gasteiger partial charge is 0.216 e. The number of benzene rings is 1. The molecule has 0 amide bonds. The third kappa shape index (κ3) is 3.84. The monoisotopic (exact) mass is 328 g/mol. The molecule has 0 saturated carbocycles. The van der Waals surface area contributed by atoms with Gasteiger partial charge < -0.3 is 4.74 Å². The number of ether oxygens (including phenoxy) is 1. The normalized spacial score (nSPS) is 29.5. The summed E-state index contributed by atoms with van der Waals surface area (Å²) in [5.41, 5.74) is 0.585. The second kappa shape index (κ2) is 6.23. The molecule has 1 N–H and O–H groups in total. The number of hydrogen-bond donors (Lipinski definition) is 1. The number of morpholine rings is 1. The maximum Gasteiger partial charge on any atom is 0.216 e. The lowest BCUT2D eigenvalue weighted by Gasteiger charge is -2.33. The van der Waals surface area contributed by atoms with Gasteiger partial charge in [0.05, 0.1) is 18.5 Å². The van der Waals surface area contributed by atoms with Crippen LogP contribution in [0.4, 0.5) is 4.39 Å². The van der Waals surface area contributed by atoms with Gasteiger partial charge in [-0.05, 0) is 31.0 Å². The zero-order valence-corrected chi connectivity index (χ0v) is 13.4. The van der Waals surface area contributed by atoms with Crippen LogP contribution in [0.15, 0.2) is 24.3 Å². The summed E-state index contributed by atoms with van der Waals surface area (Å²) in [7, 11) is -3.43. The van der Waals surface area contributed by atoms with Crippen molar-refractivity contribution in [2.24, 2.45) is 0 Å². The van der Waals surface area contributed by atoms with E-state index in [2.05, 4.69) is 9.62 Å². The molecule has 0 aliphatic carbocycles. The molecule has 0 unspecified atom stereocenters. The van der Waals surface area contributed by atoms with Gasteiger partial charge in [0.25, 0.3) is 0 Å². The quantitative estimate of drug-likeness (QED) is 0.899. The zero-order valence-electron chi connectivity index (χ0n) is 12.5. The van der Waals surface area contributed by atoms with Crippen LogP contribution in [0.2, 0.25) is 0 Å². The Kier molecular flexibility index (Phi) is 4.49. The van der Waals surface area contributed by atoms with Crippen molar-refractivity contribution in [3.63, 3.8) is 0 Å². The van der Waals surface area contributed by atoms with Crippen LogP contribution < -0.4 is 4.72 Å². The lowest BCUT2D eigenvalue weighted by molar-refractivity contribution is -0.0390. The molecule has 3 rings (SSSR count). The van der Waals surface area contributed by atoms with E-state index in [1.165, 1.54) is 24.3 Å². The van der Waals surface area contributed by atoms with Gasteiger partial charge in [-0.1, -0.05) is 12.1 Å². The van der Waals surface area contributed by atoms with Crippen molar-refractivity contribution in [2.45, 2.75) is 37.3 Å². The predicted molar refractivity (Wildman–Crippen MR) is 81.3 cm³/mol. The van der Waals surface area contributed by atoms with E-state index in [-0.39, 0.29) is 23.7 Å². The van der Waals surface area contributed by atoms with E-state index < -0.39 is 10.0 Å². The highest BCUT2D eigenvalue weighted by atomic mass is 32.2. The second-order valence-electron chi connectivity index (χ2n) is 6.19. The third-order valence-corrected chi connectivity index (χ3v) is 5.61. The van der Waals surface area contributed by atoms with Crippen molar-refractivity contribution < 1.29 is 17.5 Å². The van der Waals surface area contributed by atoms with Crippen LogP contribution in [0, 0.1) is 5.82 Å². The molecule has 122 valence electrons. The summed E-state index contributed by atoms with van der Waals surface area (Å²) in [5.74, 6) is -0.489. The molecule has 0 bridgehead atoms. The van der Waals surface area contributed by atoms with Crippen molar-refractivity contribution >= 4 is 10.0 Å². The van der Waals surface area contributed by atoms with Crippen molar-refractivity contribution in [2.75, 3.05) is 19.7 Å². The molecule has 0 radical (unpaired) electrons. The first-order chi connectivity index (χ1) is 10.4. The van der Waals surface area contributed by atoms with Crippen molar-refractivity contribution in [3.05, 3.63) is 35.6 Å². The maximum absolute atomic E-state index is 12.9. The van der Waals surface area contributed by atoms with Gasteiger partial charge in [0.15, 0.2) is 0 Å². The van der Waals surface area contributed by atoms with Crippen molar-refractivity contribution in [3.8, 4) is 0 Å². The summed E-state index contributed by atoms with van der Waals surface area (Å²) in [4.78, 5) is 2.29. The Morgan fingerprint density at radius 3 is 2.77 bits per heavy atom. The largest absolute Gasteiger partial charge is 0.376 e. The maximum atomic E-state index is 12.9. The van der Waals surface area contributed by atoms with Crippen LogP contribution in [0.5, 0.6) is 0 Å². The minimum atomic E-state index is -3.43. The van der Waals surface area contributed by atoms with Gasteiger partial charge in [-0.3, -0.25) is 4.90 Å². The van der Waals surface area contributed by atoms with Gasteiger partial charge in [0.1, 0.15) is 5.82 Å². The Morgan fingerprint density at radius 2 is 2.05 bits per heavy atom. The summed E-state index contributed by atoms with van der Waals surface area (Å²) in [5, 5.41) is 0. The molecule has 2 saturated heterocycles. The number of sulfonamides is 1. The van der Waals surface area contributed by atoms with E-state index in [1.54, 1.807) is 0 Å². The molecule has 2 heterocycles. The molecule has 1 aromatic rings. The van der Waals surface area contributed by atoms with E-state index in [9.17, 15) is 12.8 Å². The zero-order chi connectivity index (χ0) is 15.7. The molecule has 0 aromatic heterocycles. The van der Waals surface area contributed by atoms with Crippen LogP contribution in [0.25, 0.3) is 0 Å². The van der Waals surface area contributed by atoms with Crippen molar-refractivity contribution in [1.82, 2.24) is 9.62 Å². The molecular formula is C15H21FN2O3S. The molecule has 22 heavy (non-hydrogen) atoms. The number of halogens is 1. The number of nitrogens with zero attached hydrogens (tertiary/aromatic N) is 1. The minimum absolute atomic E-state index is 0.0793. The highest BCUT2D eigenvalue weighted by Crippen LogP contribution is 2.23. The lowest BCUT2D eigenvalue weighted by atomic mass is 10.2. The second-order valence-corrected chi connectivity index (χ2v) is 7.94. The molecule has 2 aliphatic rings. The Labute approximate surface area is 130 Å². The van der Waals surface area contributed by atoms with E-state index in [0.29, 0.717) is 18.2 Å². The Bertz CT molecular complexity index is 620. The van der Waals surface area contributed by atoms with E-state index >= 15 is 0 Å². The van der Waals surface area contributed by atoms with Gasteiger partial charge in [-0.15, -0.1) is 0 Å². The Morgan fingerprint density at radius 1 is 1.32 bits per heavy atom. The molecule has 7 heteroatoms. The van der Waals surface area contributed by atoms with Crippen LogP contribution in [-0.4, -0.2) is 51.2 Å². The van der Waals surface area contributed by atoms with E-state index in [1.807, 2.05) is 6.92 Å². The summed E-state index contributed by atoms with van der Waals surface area (Å²) in [6.45, 7) is 4.27. The third-order valence-electron chi connectivity index (χ3n) is 4.21. The molecular weight excluding hydrogens is 307 g/mol. The fourth-order valence-corrected chi connectivity index (χ4v) is 4.61.